The summed E-state index contributed by atoms with van der Waals surface area (Å²) < 4.78 is 4.97. The van der Waals surface area contributed by atoms with Gasteiger partial charge in [0.15, 0.2) is 11.5 Å². The summed E-state index contributed by atoms with van der Waals surface area (Å²) in [7, 11) is 1.49. The molecule has 0 heterocycles. The maximum Gasteiger partial charge on any atom is 0.160 e. The first-order valence-electron chi connectivity index (χ1n) is 4.77. The lowest BCUT2D eigenvalue weighted by Crippen LogP contribution is -2.36. The minimum absolute atomic E-state index is 0.0913. The molecule has 15 heavy (non-hydrogen) atoms. The molecule has 4 heteroatoms. The molecule has 1 rings (SSSR count). The monoisotopic (exact) mass is 211 g/mol. The van der Waals surface area contributed by atoms with E-state index in [-0.39, 0.29) is 12.3 Å². The number of rotatable bonds is 4. The van der Waals surface area contributed by atoms with Gasteiger partial charge in [0.2, 0.25) is 0 Å². The van der Waals surface area contributed by atoms with Crippen LogP contribution in [0, 0.1) is 0 Å². The van der Waals surface area contributed by atoms with Gasteiger partial charge in [-0.25, -0.2) is 0 Å². The van der Waals surface area contributed by atoms with E-state index in [9.17, 15) is 10.2 Å². The number of benzene rings is 1. The smallest absolute Gasteiger partial charge is 0.160 e. The van der Waals surface area contributed by atoms with E-state index >= 15 is 0 Å². The number of hydrogen-bond donors (Lipinski definition) is 3. The Kier molecular flexibility index (Phi) is 3.55. The summed E-state index contributed by atoms with van der Waals surface area (Å²) in [6, 6.07) is 4.97. The molecule has 0 spiro atoms. The molecule has 0 saturated carbocycles. The third-order valence-electron chi connectivity index (χ3n) is 2.27. The van der Waals surface area contributed by atoms with Crippen molar-refractivity contribution in [1.82, 2.24) is 0 Å². The summed E-state index contributed by atoms with van der Waals surface area (Å²) in [6.07, 6.45) is 0.431. The standard InChI is InChI=1S/C11H17NO3/c1-11(14,7-12)6-8-3-4-9(13)10(5-8)15-2/h3-5,13-14H,6-7,12H2,1-2H3. The zero-order valence-corrected chi connectivity index (χ0v) is 9.03. The first-order valence-corrected chi connectivity index (χ1v) is 4.77. The first kappa shape index (κ1) is 11.8. The predicted octanol–water partition coefficient (Wildman–Crippen LogP) is 0.653. The van der Waals surface area contributed by atoms with Crippen LogP contribution in [0.1, 0.15) is 12.5 Å². The molecular weight excluding hydrogens is 194 g/mol. The number of aromatic hydroxyl groups is 1. The highest BCUT2D eigenvalue weighted by Crippen LogP contribution is 2.27. The van der Waals surface area contributed by atoms with Crippen molar-refractivity contribution < 1.29 is 14.9 Å². The lowest BCUT2D eigenvalue weighted by molar-refractivity contribution is 0.0696. The number of nitrogens with two attached hydrogens (primary N) is 1. The number of aliphatic hydroxyl groups is 1. The normalized spacial score (nSPS) is 14.7. The van der Waals surface area contributed by atoms with Gasteiger partial charge in [-0.05, 0) is 24.6 Å². The van der Waals surface area contributed by atoms with Gasteiger partial charge in [0.25, 0.3) is 0 Å². The average molecular weight is 211 g/mol. The Morgan fingerprint density at radius 3 is 2.67 bits per heavy atom. The highest BCUT2D eigenvalue weighted by atomic mass is 16.5. The van der Waals surface area contributed by atoms with E-state index in [1.165, 1.54) is 7.11 Å². The molecule has 0 fully saturated rings. The van der Waals surface area contributed by atoms with Gasteiger partial charge in [-0.2, -0.15) is 0 Å². The van der Waals surface area contributed by atoms with E-state index in [1.807, 2.05) is 0 Å². The fourth-order valence-electron chi connectivity index (χ4n) is 1.34. The summed E-state index contributed by atoms with van der Waals surface area (Å²) in [5.74, 6) is 0.494. The molecule has 1 aromatic rings. The Labute approximate surface area is 89.3 Å². The molecule has 84 valence electrons. The third kappa shape index (κ3) is 3.11. The summed E-state index contributed by atoms with van der Waals surface area (Å²) in [6.45, 7) is 1.86. The second kappa shape index (κ2) is 4.51. The minimum atomic E-state index is -0.929. The minimum Gasteiger partial charge on any atom is -0.504 e. The summed E-state index contributed by atoms with van der Waals surface area (Å²) >= 11 is 0. The lowest BCUT2D eigenvalue weighted by atomic mass is 9.96. The fourth-order valence-corrected chi connectivity index (χ4v) is 1.34. The van der Waals surface area contributed by atoms with Crippen LogP contribution in [0.4, 0.5) is 0 Å². The molecule has 0 saturated heterocycles. The van der Waals surface area contributed by atoms with Crippen LogP contribution in [0.3, 0.4) is 0 Å². The van der Waals surface area contributed by atoms with Crippen LogP contribution in [-0.4, -0.2) is 29.5 Å². The Hall–Kier alpha value is -1.26. The van der Waals surface area contributed by atoms with Gasteiger partial charge >= 0.3 is 0 Å². The van der Waals surface area contributed by atoms with Crippen LogP contribution < -0.4 is 10.5 Å². The number of phenols is 1. The second-order valence-electron chi connectivity index (χ2n) is 3.88. The van der Waals surface area contributed by atoms with Crippen molar-refractivity contribution in [3.63, 3.8) is 0 Å². The van der Waals surface area contributed by atoms with Gasteiger partial charge in [-0.3, -0.25) is 0 Å². The molecule has 4 nitrogen and oxygen atoms in total. The summed E-state index contributed by atoms with van der Waals surface area (Å²) in [5.41, 5.74) is 5.37. The highest BCUT2D eigenvalue weighted by Gasteiger charge is 2.19. The van der Waals surface area contributed by atoms with Crippen molar-refractivity contribution in [2.75, 3.05) is 13.7 Å². The predicted molar refractivity (Wildman–Crippen MR) is 58.0 cm³/mol. The van der Waals surface area contributed by atoms with E-state index < -0.39 is 5.60 Å². The summed E-state index contributed by atoms with van der Waals surface area (Å²) in [5, 5.41) is 19.2. The molecule has 4 N–H and O–H groups in total. The second-order valence-corrected chi connectivity index (χ2v) is 3.88. The molecule has 0 aliphatic heterocycles. The Bertz CT molecular complexity index is 337. The third-order valence-corrected chi connectivity index (χ3v) is 2.27. The van der Waals surface area contributed by atoms with Crippen molar-refractivity contribution in [1.29, 1.82) is 0 Å². The van der Waals surface area contributed by atoms with Crippen molar-refractivity contribution >= 4 is 0 Å². The molecule has 1 aromatic carbocycles. The molecule has 0 aliphatic rings. The summed E-state index contributed by atoms with van der Waals surface area (Å²) in [4.78, 5) is 0. The van der Waals surface area contributed by atoms with Crippen LogP contribution in [0.5, 0.6) is 11.5 Å². The van der Waals surface area contributed by atoms with Gasteiger partial charge in [0, 0.05) is 13.0 Å². The van der Waals surface area contributed by atoms with E-state index in [0.29, 0.717) is 12.2 Å². The van der Waals surface area contributed by atoms with Gasteiger partial charge in [-0.1, -0.05) is 6.07 Å². The van der Waals surface area contributed by atoms with Crippen LogP contribution in [0.15, 0.2) is 18.2 Å². The van der Waals surface area contributed by atoms with E-state index in [2.05, 4.69) is 0 Å². The quantitative estimate of drug-likeness (QED) is 0.683. The molecule has 1 unspecified atom stereocenters. The SMILES string of the molecule is COc1cc(CC(C)(O)CN)ccc1O. The van der Waals surface area contributed by atoms with Crippen LogP contribution in [0.25, 0.3) is 0 Å². The molecule has 0 aliphatic carbocycles. The zero-order chi connectivity index (χ0) is 11.5. The molecule has 0 bridgehead atoms. The van der Waals surface area contributed by atoms with Gasteiger partial charge in [-0.15, -0.1) is 0 Å². The van der Waals surface area contributed by atoms with Crippen molar-refractivity contribution in [2.45, 2.75) is 18.9 Å². The fraction of sp³-hybridized carbons (Fsp3) is 0.455. The van der Waals surface area contributed by atoms with Crippen LogP contribution in [-0.2, 0) is 6.42 Å². The Morgan fingerprint density at radius 2 is 2.13 bits per heavy atom. The van der Waals surface area contributed by atoms with Crippen molar-refractivity contribution in [2.24, 2.45) is 5.73 Å². The first-order chi connectivity index (χ1) is 6.98. The maximum absolute atomic E-state index is 9.78. The van der Waals surface area contributed by atoms with E-state index in [4.69, 9.17) is 10.5 Å². The molecule has 0 radical (unpaired) electrons. The van der Waals surface area contributed by atoms with Crippen molar-refractivity contribution in [3.05, 3.63) is 23.8 Å². The molecule has 0 aromatic heterocycles. The number of phenolic OH excluding ortho intramolecular Hbond substituents is 1. The van der Waals surface area contributed by atoms with E-state index in [1.54, 1.807) is 25.1 Å². The number of methoxy groups -OCH3 is 1. The molecule has 0 amide bonds. The maximum atomic E-state index is 9.78. The number of ether oxygens (including phenoxy) is 1. The topological polar surface area (TPSA) is 75.7 Å². The average Bonchev–Trinajstić information content (AvgIpc) is 2.20. The largest absolute Gasteiger partial charge is 0.504 e. The van der Waals surface area contributed by atoms with Crippen LogP contribution in [0.2, 0.25) is 0 Å². The van der Waals surface area contributed by atoms with Gasteiger partial charge in [0.1, 0.15) is 0 Å². The van der Waals surface area contributed by atoms with Crippen LogP contribution >= 0.6 is 0 Å². The van der Waals surface area contributed by atoms with Gasteiger partial charge in [0.05, 0.1) is 12.7 Å². The Morgan fingerprint density at radius 1 is 1.47 bits per heavy atom. The number of hydrogen-bond acceptors (Lipinski definition) is 4. The van der Waals surface area contributed by atoms with Gasteiger partial charge < -0.3 is 20.7 Å². The Balaban J connectivity index is 2.87. The molecular formula is C11H17NO3. The van der Waals surface area contributed by atoms with E-state index in [0.717, 1.165) is 5.56 Å². The zero-order valence-electron chi connectivity index (χ0n) is 9.03. The highest BCUT2D eigenvalue weighted by molar-refractivity contribution is 5.42. The molecule has 1 atom stereocenters. The van der Waals surface area contributed by atoms with Crippen molar-refractivity contribution in [3.8, 4) is 11.5 Å². The lowest BCUT2D eigenvalue weighted by Gasteiger charge is -2.21.